The van der Waals surface area contributed by atoms with Crippen LogP contribution < -0.4 is 15.8 Å². The fraction of sp³-hybridized carbons (Fsp3) is 0.529. The fourth-order valence-corrected chi connectivity index (χ4v) is 12.4. The lowest BCUT2D eigenvalue weighted by molar-refractivity contribution is -0.126. The van der Waals surface area contributed by atoms with E-state index in [2.05, 4.69) is 92.3 Å². The van der Waals surface area contributed by atoms with Crippen molar-refractivity contribution in [3.8, 4) is 11.5 Å². The molecule has 5 rings (SSSR count). The first-order valence-electron chi connectivity index (χ1n) is 15.9. The van der Waals surface area contributed by atoms with Crippen molar-refractivity contribution in [2.24, 2.45) is 0 Å². The van der Waals surface area contributed by atoms with Gasteiger partial charge in [-0.1, -0.05) is 47.5 Å². The molecule has 1 unspecified atom stereocenters. The zero-order valence-electron chi connectivity index (χ0n) is 27.5. The van der Waals surface area contributed by atoms with Crippen molar-refractivity contribution in [1.29, 1.82) is 0 Å². The molecule has 2 saturated heterocycles. The highest BCUT2D eigenvalue weighted by Crippen LogP contribution is 2.41. The highest BCUT2D eigenvalue weighted by molar-refractivity contribution is 6.90. The van der Waals surface area contributed by atoms with Crippen LogP contribution in [0.3, 0.4) is 0 Å². The van der Waals surface area contributed by atoms with Crippen LogP contribution in [0.1, 0.15) is 59.6 Å². The van der Waals surface area contributed by atoms with Gasteiger partial charge in [0.15, 0.2) is 0 Å². The van der Waals surface area contributed by atoms with Crippen molar-refractivity contribution in [1.82, 2.24) is 24.3 Å². The number of rotatable bonds is 7. The number of fused-ring (bicyclic) bond motifs is 1. The quantitative estimate of drug-likeness (QED) is 0.287. The highest BCUT2D eigenvalue weighted by Gasteiger charge is 2.41. The van der Waals surface area contributed by atoms with Gasteiger partial charge in [0, 0.05) is 75.4 Å². The molecular weight excluding hydrogens is 567 g/mol. The summed E-state index contributed by atoms with van der Waals surface area (Å²) < 4.78 is 1.67. The van der Waals surface area contributed by atoms with Gasteiger partial charge in [-0.2, -0.15) is 4.98 Å². The number of hydrogen-bond acceptors (Lipinski definition) is 7. The van der Waals surface area contributed by atoms with Crippen molar-refractivity contribution in [3.63, 3.8) is 0 Å². The van der Waals surface area contributed by atoms with Crippen LogP contribution in [0.25, 0.3) is 11.0 Å². The largest absolute Gasteiger partial charge is 0.369 e. The van der Waals surface area contributed by atoms with Crippen molar-refractivity contribution in [3.05, 3.63) is 52.4 Å². The lowest BCUT2D eigenvalue weighted by atomic mass is 10.1. The van der Waals surface area contributed by atoms with Gasteiger partial charge in [-0.3, -0.25) is 14.2 Å². The smallest absolute Gasteiger partial charge is 0.253 e. The van der Waals surface area contributed by atoms with Gasteiger partial charge in [-0.25, -0.2) is 4.98 Å². The minimum atomic E-state index is -2.04. The molecule has 0 spiro atoms. The average molecular weight is 614 g/mol. The second-order valence-electron chi connectivity index (χ2n) is 13.4. The van der Waals surface area contributed by atoms with E-state index in [4.69, 9.17) is 4.98 Å². The number of benzene rings is 1. The van der Waals surface area contributed by atoms with Crippen LogP contribution in [0.5, 0.6) is 0 Å². The van der Waals surface area contributed by atoms with Crippen LogP contribution in [-0.4, -0.2) is 85.1 Å². The van der Waals surface area contributed by atoms with E-state index in [1.165, 1.54) is 5.69 Å². The summed E-state index contributed by atoms with van der Waals surface area (Å²) in [5.74, 6) is 3.89. The maximum atomic E-state index is 13.7. The Morgan fingerprint density at radius 1 is 0.932 bits per heavy atom. The normalized spacial score (nSPS) is 18.1. The Morgan fingerprint density at radius 3 is 2.14 bits per heavy atom. The second kappa shape index (κ2) is 12.7. The number of amides is 1. The molecule has 2 aromatic heterocycles. The molecule has 3 aromatic rings. The zero-order chi connectivity index (χ0) is 31.8. The maximum absolute atomic E-state index is 13.7. The van der Waals surface area contributed by atoms with Gasteiger partial charge in [0.25, 0.3) is 5.56 Å². The summed E-state index contributed by atoms with van der Waals surface area (Å²) in [6, 6.07) is 9.62. The molecule has 1 atom stereocenters. The summed E-state index contributed by atoms with van der Waals surface area (Å²) >= 11 is 0. The van der Waals surface area contributed by atoms with Crippen molar-refractivity contribution >= 4 is 42.3 Å². The molecule has 0 radical (unpaired) electrons. The molecule has 0 aliphatic carbocycles. The highest BCUT2D eigenvalue weighted by atomic mass is 28.3. The minimum Gasteiger partial charge on any atom is -0.369 e. The van der Waals surface area contributed by atoms with E-state index in [1.54, 1.807) is 28.8 Å². The van der Waals surface area contributed by atoms with Crippen LogP contribution in [0.2, 0.25) is 16.6 Å². The lowest BCUT2D eigenvalue weighted by Crippen LogP contribution is -2.44. The van der Waals surface area contributed by atoms with E-state index in [-0.39, 0.29) is 23.9 Å². The monoisotopic (exact) mass is 613 g/mol. The Bertz CT molecular complexity index is 1610. The third-order valence-electron chi connectivity index (χ3n) is 9.75. The molecule has 0 saturated carbocycles. The number of carbonyl (C=O) groups is 1. The number of likely N-dealkylation sites (tertiary alicyclic amines) is 1. The first-order valence-corrected chi connectivity index (χ1v) is 18.1. The molecule has 4 heterocycles. The minimum absolute atomic E-state index is 0.0216. The number of carbonyl (C=O) groups excluding carboxylic acids is 1. The molecule has 0 bridgehead atoms. The number of nitrogens with one attached hydrogen (secondary N) is 1. The Kier molecular flexibility index (Phi) is 9.19. The van der Waals surface area contributed by atoms with Crippen molar-refractivity contribution < 1.29 is 4.79 Å². The molecule has 9 nitrogen and oxygen atoms in total. The molecule has 2 aliphatic heterocycles. The van der Waals surface area contributed by atoms with Gasteiger partial charge in [-0.05, 0) is 47.9 Å². The molecule has 1 amide bonds. The first-order chi connectivity index (χ1) is 20.9. The SMILES string of the molecule is CC(C)[Si](C#Cc1cc(=O)n(C2CC(=O)N(C)C2)c2nc(Nc3ccc(N4CCN(C)CC4)cc3)ncc12)(C(C)C)C(C)C. The van der Waals surface area contributed by atoms with Crippen LogP contribution >= 0.6 is 0 Å². The van der Waals surface area contributed by atoms with Crippen LogP contribution in [-0.2, 0) is 4.79 Å². The Balaban J connectivity index is 1.55. The maximum Gasteiger partial charge on any atom is 0.253 e. The Hall–Kier alpha value is -3.68. The predicted octanol–water partition coefficient (Wildman–Crippen LogP) is 5.26. The second-order valence-corrected chi connectivity index (χ2v) is 19.0. The van der Waals surface area contributed by atoms with E-state index in [0.717, 1.165) is 37.3 Å². The fourth-order valence-electron chi connectivity index (χ4n) is 7.21. The van der Waals surface area contributed by atoms with Gasteiger partial charge < -0.3 is 20.0 Å². The van der Waals surface area contributed by atoms with Gasteiger partial charge in [0.05, 0.1) is 11.4 Å². The number of anilines is 3. The Labute approximate surface area is 262 Å². The standard InChI is InChI=1S/C34H47N7O2Si/c1-23(2)44(24(3)4,25(5)6)18-13-26-19-32(43)41(29-20-31(42)39(8)22-29)33-30(26)21-35-34(37-33)36-27-9-11-28(12-10-27)40-16-14-38(7)15-17-40/h9-12,19,21,23-25,29H,14-17,20,22H2,1-8H3,(H,35,36,37). The van der Waals surface area contributed by atoms with Gasteiger partial charge >= 0.3 is 0 Å². The third-order valence-corrected chi connectivity index (χ3v) is 16.0. The van der Waals surface area contributed by atoms with Crippen molar-refractivity contribution in [2.75, 3.05) is 57.0 Å². The lowest BCUT2D eigenvalue weighted by Gasteiger charge is -2.38. The zero-order valence-corrected chi connectivity index (χ0v) is 28.5. The van der Waals surface area contributed by atoms with Gasteiger partial charge in [0.2, 0.25) is 11.9 Å². The van der Waals surface area contributed by atoms with Crippen molar-refractivity contribution in [2.45, 2.75) is 70.6 Å². The first kappa shape index (κ1) is 31.7. The number of aromatic nitrogens is 3. The number of hydrogen-bond donors (Lipinski definition) is 1. The summed E-state index contributed by atoms with van der Waals surface area (Å²) in [7, 11) is 1.90. The van der Waals surface area contributed by atoms with E-state index >= 15 is 0 Å². The molecular formula is C34H47N7O2Si. The van der Waals surface area contributed by atoms with Gasteiger partial charge in [-0.15, -0.1) is 5.54 Å². The molecule has 234 valence electrons. The van der Waals surface area contributed by atoms with E-state index < -0.39 is 8.07 Å². The summed E-state index contributed by atoms with van der Waals surface area (Å²) in [4.78, 5) is 42.2. The van der Waals surface area contributed by atoms with Crippen LogP contribution in [0.15, 0.2) is 41.3 Å². The summed E-state index contributed by atoms with van der Waals surface area (Å²) in [5, 5.41) is 4.07. The summed E-state index contributed by atoms with van der Waals surface area (Å²) in [5.41, 5.74) is 8.19. The topological polar surface area (TPSA) is 86.6 Å². The summed E-state index contributed by atoms with van der Waals surface area (Å²) in [6.07, 6.45) is 2.04. The number of likely N-dealkylation sites (N-methyl/N-ethyl adjacent to an activating group) is 2. The molecule has 44 heavy (non-hydrogen) atoms. The molecule has 1 aromatic carbocycles. The van der Waals surface area contributed by atoms with E-state index in [0.29, 0.717) is 40.3 Å². The van der Waals surface area contributed by atoms with E-state index in [9.17, 15) is 9.59 Å². The van der Waals surface area contributed by atoms with E-state index in [1.807, 2.05) is 12.1 Å². The molecule has 10 heteroatoms. The molecule has 2 aliphatic rings. The molecule has 2 fully saturated rings. The Morgan fingerprint density at radius 2 is 1.57 bits per heavy atom. The number of piperazine rings is 1. The van der Waals surface area contributed by atoms with Gasteiger partial charge in [0.1, 0.15) is 13.7 Å². The predicted molar refractivity (Wildman–Crippen MR) is 182 cm³/mol. The number of nitrogens with zero attached hydrogens (tertiary/aromatic N) is 6. The summed E-state index contributed by atoms with van der Waals surface area (Å²) in [6.45, 7) is 18.3. The average Bonchev–Trinajstić information content (AvgIpc) is 3.30. The third kappa shape index (κ3) is 6.13. The number of pyridine rings is 1. The van der Waals surface area contributed by atoms with Crippen LogP contribution in [0, 0.1) is 11.5 Å². The van der Waals surface area contributed by atoms with Crippen LogP contribution in [0.4, 0.5) is 17.3 Å². The molecule has 1 N–H and O–H groups in total.